The van der Waals surface area contributed by atoms with E-state index in [0.29, 0.717) is 17.7 Å². The molecule has 1 aliphatic heterocycles. The van der Waals surface area contributed by atoms with E-state index in [1.54, 1.807) is 0 Å². The topological polar surface area (TPSA) is 92.0 Å². The first-order valence-corrected chi connectivity index (χ1v) is 4.94. The minimum absolute atomic E-state index is 0.413. The number of nitrogens with zero attached hydrogens (tertiary/aromatic N) is 4. The molecule has 0 radical (unpaired) electrons. The van der Waals surface area contributed by atoms with Gasteiger partial charge >= 0.3 is 0 Å². The van der Waals surface area contributed by atoms with Gasteiger partial charge in [-0.15, -0.1) is 0 Å². The molecule has 2 rings (SSSR count). The fourth-order valence-corrected chi connectivity index (χ4v) is 1.54. The van der Waals surface area contributed by atoms with Gasteiger partial charge in [0.05, 0.1) is 0 Å². The van der Waals surface area contributed by atoms with E-state index in [4.69, 9.17) is 5.84 Å². The van der Waals surface area contributed by atoms with Gasteiger partial charge in [0.15, 0.2) is 0 Å². The van der Waals surface area contributed by atoms with Crippen molar-refractivity contribution in [1.82, 2.24) is 20.3 Å². The number of hydrogen-bond donors (Lipinski definition) is 3. The van der Waals surface area contributed by atoms with Crippen molar-refractivity contribution in [2.24, 2.45) is 5.84 Å². The molecule has 2 heterocycles. The van der Waals surface area contributed by atoms with Crippen LogP contribution in [0.25, 0.3) is 0 Å². The van der Waals surface area contributed by atoms with Crippen molar-refractivity contribution in [2.45, 2.75) is 6.92 Å². The van der Waals surface area contributed by atoms with Crippen LogP contribution in [0.4, 0.5) is 11.9 Å². The molecular formula is C8H15N7. The molecule has 1 saturated heterocycles. The maximum absolute atomic E-state index is 5.28. The van der Waals surface area contributed by atoms with Crippen molar-refractivity contribution < 1.29 is 0 Å². The number of aryl methyl sites for hydroxylation is 1. The number of nitrogens with one attached hydrogen (secondary N) is 2. The average molecular weight is 209 g/mol. The Hall–Kier alpha value is -1.47. The summed E-state index contributed by atoms with van der Waals surface area (Å²) in [6.07, 6.45) is 0. The lowest BCUT2D eigenvalue weighted by atomic mass is 10.4. The molecule has 1 aromatic rings. The summed E-state index contributed by atoms with van der Waals surface area (Å²) in [5, 5.41) is 3.27. The molecule has 0 atom stereocenters. The predicted octanol–water partition coefficient (Wildman–Crippen LogP) is -1.12. The van der Waals surface area contributed by atoms with Crippen molar-refractivity contribution in [2.75, 3.05) is 36.5 Å². The van der Waals surface area contributed by atoms with Crippen molar-refractivity contribution in [1.29, 1.82) is 0 Å². The second-order valence-corrected chi connectivity index (χ2v) is 3.39. The van der Waals surface area contributed by atoms with Gasteiger partial charge in [-0.2, -0.15) is 15.0 Å². The third kappa shape index (κ3) is 2.31. The molecule has 0 saturated carbocycles. The molecule has 15 heavy (non-hydrogen) atoms. The standard InChI is InChI=1S/C8H15N7/c1-6-11-7(14-9)13-8(12-6)15-4-2-10-3-5-15/h10H,2-5,9H2,1H3,(H,11,12,13,14). The van der Waals surface area contributed by atoms with Crippen LogP contribution in [0.15, 0.2) is 0 Å². The summed E-state index contributed by atoms with van der Waals surface area (Å²) in [6, 6.07) is 0. The number of rotatable bonds is 2. The highest BCUT2D eigenvalue weighted by Crippen LogP contribution is 2.10. The molecule has 4 N–H and O–H groups in total. The minimum atomic E-state index is 0.413. The van der Waals surface area contributed by atoms with Crippen LogP contribution in [0.3, 0.4) is 0 Å². The monoisotopic (exact) mass is 209 g/mol. The maximum Gasteiger partial charge on any atom is 0.242 e. The van der Waals surface area contributed by atoms with Crippen LogP contribution in [0.5, 0.6) is 0 Å². The molecule has 1 fully saturated rings. The van der Waals surface area contributed by atoms with E-state index in [2.05, 4.69) is 30.6 Å². The Labute approximate surface area is 88.1 Å². The summed E-state index contributed by atoms with van der Waals surface area (Å²) in [5.74, 6) is 7.06. The van der Waals surface area contributed by atoms with Crippen LogP contribution in [0.1, 0.15) is 5.82 Å². The second-order valence-electron chi connectivity index (χ2n) is 3.39. The molecule has 1 aliphatic rings. The van der Waals surface area contributed by atoms with Gasteiger partial charge in [0, 0.05) is 26.2 Å². The molecule has 0 amide bonds. The molecule has 0 unspecified atom stereocenters. The molecule has 7 heteroatoms. The number of hydrogen-bond acceptors (Lipinski definition) is 7. The average Bonchev–Trinajstić information content (AvgIpc) is 2.29. The number of piperazine rings is 1. The van der Waals surface area contributed by atoms with Crippen molar-refractivity contribution in [3.63, 3.8) is 0 Å². The van der Waals surface area contributed by atoms with Gasteiger partial charge in [-0.3, -0.25) is 5.43 Å². The van der Waals surface area contributed by atoms with Crippen molar-refractivity contribution in [3.05, 3.63) is 5.82 Å². The summed E-state index contributed by atoms with van der Waals surface area (Å²) in [6.45, 7) is 5.56. The predicted molar refractivity (Wildman–Crippen MR) is 57.5 cm³/mol. The van der Waals surface area contributed by atoms with Crippen LogP contribution in [-0.4, -0.2) is 41.1 Å². The van der Waals surface area contributed by atoms with Crippen LogP contribution in [-0.2, 0) is 0 Å². The molecule has 1 aromatic heterocycles. The summed E-state index contributed by atoms with van der Waals surface area (Å²) in [4.78, 5) is 14.7. The van der Waals surface area contributed by atoms with E-state index in [1.165, 1.54) is 0 Å². The van der Waals surface area contributed by atoms with Gasteiger partial charge in [-0.1, -0.05) is 0 Å². The van der Waals surface area contributed by atoms with Crippen molar-refractivity contribution >= 4 is 11.9 Å². The molecule has 0 aliphatic carbocycles. The lowest BCUT2D eigenvalue weighted by Crippen LogP contribution is -2.44. The normalized spacial score (nSPS) is 16.5. The Morgan fingerprint density at radius 1 is 1.27 bits per heavy atom. The third-order valence-corrected chi connectivity index (χ3v) is 2.26. The highest BCUT2D eigenvalue weighted by molar-refractivity contribution is 5.36. The van der Waals surface area contributed by atoms with Crippen LogP contribution in [0, 0.1) is 6.92 Å². The largest absolute Gasteiger partial charge is 0.338 e. The second kappa shape index (κ2) is 4.37. The highest BCUT2D eigenvalue weighted by Gasteiger charge is 2.14. The molecule has 7 nitrogen and oxygen atoms in total. The van der Waals surface area contributed by atoms with Gasteiger partial charge in [0.1, 0.15) is 5.82 Å². The van der Waals surface area contributed by atoms with Gasteiger partial charge < -0.3 is 10.2 Å². The van der Waals surface area contributed by atoms with Gasteiger partial charge in [-0.05, 0) is 6.92 Å². The van der Waals surface area contributed by atoms with Crippen LogP contribution in [0.2, 0.25) is 0 Å². The molecule has 0 spiro atoms. The van der Waals surface area contributed by atoms with E-state index in [1.807, 2.05) is 6.92 Å². The number of nitrogens with two attached hydrogens (primary N) is 1. The molecule has 0 aromatic carbocycles. The Kier molecular flexibility index (Phi) is 2.93. The first-order valence-electron chi connectivity index (χ1n) is 4.94. The van der Waals surface area contributed by atoms with E-state index in [-0.39, 0.29) is 0 Å². The first-order chi connectivity index (χ1) is 7.29. The summed E-state index contributed by atoms with van der Waals surface area (Å²) >= 11 is 0. The van der Waals surface area contributed by atoms with E-state index < -0.39 is 0 Å². The van der Waals surface area contributed by atoms with E-state index in [0.717, 1.165) is 26.2 Å². The number of nitrogen functional groups attached to an aromatic ring is 1. The van der Waals surface area contributed by atoms with Gasteiger partial charge in [0.25, 0.3) is 0 Å². The smallest absolute Gasteiger partial charge is 0.242 e. The number of anilines is 2. The van der Waals surface area contributed by atoms with E-state index in [9.17, 15) is 0 Å². The fourth-order valence-electron chi connectivity index (χ4n) is 1.54. The Morgan fingerprint density at radius 2 is 2.00 bits per heavy atom. The Morgan fingerprint density at radius 3 is 2.67 bits per heavy atom. The molecular weight excluding hydrogens is 194 g/mol. The van der Waals surface area contributed by atoms with Crippen molar-refractivity contribution in [3.8, 4) is 0 Å². The minimum Gasteiger partial charge on any atom is -0.338 e. The SMILES string of the molecule is Cc1nc(NN)nc(N2CCNCC2)n1. The lowest BCUT2D eigenvalue weighted by Gasteiger charge is -2.27. The lowest BCUT2D eigenvalue weighted by molar-refractivity contribution is 0.578. The Balaban J connectivity index is 2.22. The van der Waals surface area contributed by atoms with Crippen LogP contribution < -0.4 is 21.5 Å². The maximum atomic E-state index is 5.28. The Bertz CT molecular complexity index is 334. The van der Waals surface area contributed by atoms with Gasteiger partial charge in [-0.25, -0.2) is 5.84 Å². The number of hydrazine groups is 1. The molecule has 82 valence electrons. The summed E-state index contributed by atoms with van der Waals surface area (Å²) in [5.41, 5.74) is 2.44. The fraction of sp³-hybridized carbons (Fsp3) is 0.625. The quantitative estimate of drug-likeness (QED) is 0.419. The number of aromatic nitrogens is 3. The molecule has 0 bridgehead atoms. The summed E-state index contributed by atoms with van der Waals surface area (Å²) in [7, 11) is 0. The third-order valence-electron chi connectivity index (χ3n) is 2.26. The van der Waals surface area contributed by atoms with E-state index >= 15 is 0 Å². The zero-order chi connectivity index (χ0) is 10.7. The highest BCUT2D eigenvalue weighted by atomic mass is 15.4. The zero-order valence-electron chi connectivity index (χ0n) is 8.69. The first kappa shape index (κ1) is 10.1. The summed E-state index contributed by atoms with van der Waals surface area (Å²) < 4.78 is 0. The zero-order valence-corrected chi connectivity index (χ0v) is 8.69. The van der Waals surface area contributed by atoms with Gasteiger partial charge in [0.2, 0.25) is 11.9 Å². The van der Waals surface area contributed by atoms with Crippen LogP contribution >= 0.6 is 0 Å².